The zero-order valence-electron chi connectivity index (χ0n) is 15.2. The van der Waals surface area contributed by atoms with E-state index in [9.17, 15) is 18.7 Å². The highest BCUT2D eigenvalue weighted by atomic mass is 19.1. The number of halogens is 2. The number of pyridine rings is 1. The number of fused-ring (bicyclic) bond motifs is 1. The molecule has 2 atom stereocenters. The Bertz CT molecular complexity index is 1070. The molecule has 0 unspecified atom stereocenters. The van der Waals surface area contributed by atoms with Gasteiger partial charge in [0.05, 0.1) is 23.2 Å². The highest BCUT2D eigenvalue weighted by Crippen LogP contribution is 2.42. The van der Waals surface area contributed by atoms with Gasteiger partial charge in [0.25, 0.3) is 0 Å². The Labute approximate surface area is 158 Å². The van der Waals surface area contributed by atoms with Gasteiger partial charge in [-0.3, -0.25) is 9.89 Å². The Morgan fingerprint density at radius 3 is 2.75 bits per heavy atom. The molecule has 4 rings (SSSR count). The monoisotopic (exact) mass is 388 g/mol. The van der Waals surface area contributed by atoms with Crippen LogP contribution in [0.25, 0.3) is 22.6 Å². The molecule has 0 bridgehead atoms. The maximum absolute atomic E-state index is 15.0. The third kappa shape index (κ3) is 3.25. The molecule has 0 aromatic carbocycles. The van der Waals surface area contributed by atoms with Gasteiger partial charge in [0.2, 0.25) is 0 Å². The fourth-order valence-corrected chi connectivity index (χ4v) is 2.90. The first kappa shape index (κ1) is 18.2. The summed E-state index contributed by atoms with van der Waals surface area (Å²) in [6, 6.07) is 0.687. The van der Waals surface area contributed by atoms with Crippen LogP contribution in [-0.4, -0.2) is 42.3 Å². The molecule has 3 N–H and O–H groups in total. The lowest BCUT2D eigenvalue weighted by Crippen LogP contribution is -2.30. The zero-order valence-corrected chi connectivity index (χ0v) is 15.2. The van der Waals surface area contributed by atoms with E-state index < -0.39 is 29.6 Å². The van der Waals surface area contributed by atoms with E-state index in [2.05, 4.69) is 30.5 Å². The predicted octanol–water partition coefficient (Wildman–Crippen LogP) is 3.09. The second-order valence-electron chi connectivity index (χ2n) is 7.05. The number of aliphatic carboxylic acids is 1. The summed E-state index contributed by atoms with van der Waals surface area (Å²) in [7, 11) is 0. The van der Waals surface area contributed by atoms with E-state index >= 15 is 0 Å². The molecule has 8 nitrogen and oxygen atoms in total. The van der Waals surface area contributed by atoms with Gasteiger partial charge in [-0.05, 0) is 32.8 Å². The van der Waals surface area contributed by atoms with Crippen molar-refractivity contribution < 1.29 is 18.7 Å². The van der Waals surface area contributed by atoms with Crippen LogP contribution in [0, 0.1) is 17.6 Å². The van der Waals surface area contributed by atoms with Gasteiger partial charge in [-0.1, -0.05) is 0 Å². The summed E-state index contributed by atoms with van der Waals surface area (Å²) in [5.41, 5.74) is 0.875. The molecule has 0 amide bonds. The van der Waals surface area contributed by atoms with Crippen molar-refractivity contribution in [3.63, 3.8) is 0 Å². The standard InChI is InChI=1S/C18H18F2N6O2/c1-7(18(27)28)8(2)22-16-12(20)13(9-3-4-9)23-17(24-16)14-11-5-10(19)6-21-15(11)26-25-14/h5-9H,3-4H2,1-2H3,(H,27,28)(H,21,25,26)(H,22,23,24)/t7-,8-/m0/s1. The number of carboxylic acid groups (broad SMARTS) is 1. The maximum Gasteiger partial charge on any atom is 0.308 e. The van der Waals surface area contributed by atoms with E-state index in [1.165, 1.54) is 13.0 Å². The lowest BCUT2D eigenvalue weighted by Gasteiger charge is -2.19. The molecule has 28 heavy (non-hydrogen) atoms. The number of anilines is 1. The van der Waals surface area contributed by atoms with Crippen molar-refractivity contribution in [2.75, 3.05) is 5.32 Å². The summed E-state index contributed by atoms with van der Waals surface area (Å²) in [6.07, 6.45) is 2.68. The topological polar surface area (TPSA) is 117 Å². The minimum Gasteiger partial charge on any atom is -0.481 e. The van der Waals surface area contributed by atoms with Crippen molar-refractivity contribution >= 4 is 22.8 Å². The molecular formula is C18H18F2N6O2. The zero-order chi connectivity index (χ0) is 20.0. The normalized spacial score (nSPS) is 16.1. The van der Waals surface area contributed by atoms with Gasteiger partial charge in [0.15, 0.2) is 23.1 Å². The minimum atomic E-state index is -1.00. The average Bonchev–Trinajstić information content (AvgIpc) is 3.42. The van der Waals surface area contributed by atoms with Crippen LogP contribution >= 0.6 is 0 Å². The number of nitrogens with zero attached hydrogens (tertiary/aromatic N) is 4. The van der Waals surface area contributed by atoms with Crippen molar-refractivity contribution in [1.29, 1.82) is 0 Å². The summed E-state index contributed by atoms with van der Waals surface area (Å²) in [4.78, 5) is 23.7. The van der Waals surface area contributed by atoms with Gasteiger partial charge in [-0.2, -0.15) is 5.10 Å². The van der Waals surface area contributed by atoms with Gasteiger partial charge < -0.3 is 10.4 Å². The maximum atomic E-state index is 15.0. The van der Waals surface area contributed by atoms with Gasteiger partial charge >= 0.3 is 5.97 Å². The summed E-state index contributed by atoms with van der Waals surface area (Å²) < 4.78 is 28.6. The minimum absolute atomic E-state index is 0.0152. The van der Waals surface area contributed by atoms with E-state index in [4.69, 9.17) is 0 Å². The quantitative estimate of drug-likeness (QED) is 0.594. The van der Waals surface area contributed by atoms with E-state index in [1.807, 2.05) is 0 Å². The SMILES string of the molecule is C[C@H](Nc1nc(-c2[nH]nc3ncc(F)cc23)nc(C2CC2)c1F)[C@H](C)C(=O)O. The first-order valence-electron chi connectivity index (χ1n) is 8.92. The number of H-pyrrole nitrogens is 1. The van der Waals surface area contributed by atoms with Crippen LogP contribution in [0.1, 0.15) is 38.3 Å². The second kappa shape index (κ2) is 6.77. The van der Waals surface area contributed by atoms with Gasteiger partial charge in [0, 0.05) is 12.0 Å². The number of carboxylic acids is 1. The van der Waals surface area contributed by atoms with Crippen LogP contribution in [0.4, 0.5) is 14.6 Å². The van der Waals surface area contributed by atoms with Crippen molar-refractivity contribution in [3.05, 3.63) is 29.6 Å². The van der Waals surface area contributed by atoms with Crippen molar-refractivity contribution in [1.82, 2.24) is 25.1 Å². The van der Waals surface area contributed by atoms with Crippen molar-refractivity contribution in [3.8, 4) is 11.5 Å². The first-order valence-corrected chi connectivity index (χ1v) is 8.92. The second-order valence-corrected chi connectivity index (χ2v) is 7.05. The average molecular weight is 388 g/mol. The molecule has 10 heteroatoms. The van der Waals surface area contributed by atoms with E-state index in [0.717, 1.165) is 19.0 Å². The smallest absolute Gasteiger partial charge is 0.308 e. The Balaban J connectivity index is 1.80. The molecule has 0 saturated heterocycles. The lowest BCUT2D eigenvalue weighted by molar-refractivity contribution is -0.141. The van der Waals surface area contributed by atoms with Crippen LogP contribution in [0.2, 0.25) is 0 Å². The number of rotatable bonds is 6. The number of aromatic amines is 1. The summed E-state index contributed by atoms with van der Waals surface area (Å²) >= 11 is 0. The Morgan fingerprint density at radius 1 is 1.32 bits per heavy atom. The predicted molar refractivity (Wildman–Crippen MR) is 96.7 cm³/mol. The fourth-order valence-electron chi connectivity index (χ4n) is 2.90. The molecule has 3 heterocycles. The molecule has 1 aliphatic rings. The molecule has 1 fully saturated rings. The van der Waals surface area contributed by atoms with Gasteiger partial charge in [-0.15, -0.1) is 0 Å². The van der Waals surface area contributed by atoms with Crippen LogP contribution in [0.15, 0.2) is 12.3 Å². The van der Waals surface area contributed by atoms with Crippen molar-refractivity contribution in [2.45, 2.75) is 38.6 Å². The Kier molecular flexibility index (Phi) is 4.40. The summed E-state index contributed by atoms with van der Waals surface area (Å²) in [5, 5.41) is 19.2. The first-order chi connectivity index (χ1) is 13.3. The fraction of sp³-hybridized carbons (Fsp3) is 0.389. The van der Waals surface area contributed by atoms with Crippen LogP contribution in [0.5, 0.6) is 0 Å². The molecule has 0 spiro atoms. The molecule has 0 radical (unpaired) electrons. The van der Waals surface area contributed by atoms with Gasteiger partial charge in [-0.25, -0.2) is 23.7 Å². The molecule has 0 aliphatic heterocycles. The molecule has 146 valence electrons. The third-order valence-corrected chi connectivity index (χ3v) is 4.94. The summed E-state index contributed by atoms with van der Waals surface area (Å²) in [6.45, 7) is 3.17. The number of hydrogen-bond donors (Lipinski definition) is 3. The molecule has 1 aliphatic carbocycles. The van der Waals surface area contributed by atoms with E-state index in [-0.39, 0.29) is 23.3 Å². The molecule has 3 aromatic rings. The lowest BCUT2D eigenvalue weighted by atomic mass is 10.0. The number of aromatic nitrogens is 5. The Morgan fingerprint density at radius 2 is 2.07 bits per heavy atom. The Hall–Kier alpha value is -3.17. The third-order valence-electron chi connectivity index (χ3n) is 4.94. The molecule has 1 saturated carbocycles. The van der Waals surface area contributed by atoms with Crippen molar-refractivity contribution in [2.24, 2.45) is 5.92 Å². The highest BCUT2D eigenvalue weighted by molar-refractivity contribution is 5.88. The molecule has 3 aromatic heterocycles. The highest BCUT2D eigenvalue weighted by Gasteiger charge is 2.32. The van der Waals surface area contributed by atoms with E-state index in [1.54, 1.807) is 6.92 Å². The van der Waals surface area contributed by atoms with Crippen LogP contribution in [0.3, 0.4) is 0 Å². The van der Waals surface area contributed by atoms with Gasteiger partial charge in [0.1, 0.15) is 11.5 Å². The summed E-state index contributed by atoms with van der Waals surface area (Å²) in [5.74, 6) is -2.84. The molecular weight excluding hydrogens is 370 g/mol. The van der Waals surface area contributed by atoms with Crippen LogP contribution < -0.4 is 5.32 Å². The largest absolute Gasteiger partial charge is 0.481 e. The number of hydrogen-bond acceptors (Lipinski definition) is 6. The van der Waals surface area contributed by atoms with E-state index in [0.29, 0.717) is 16.7 Å². The number of nitrogens with one attached hydrogen (secondary N) is 2. The van der Waals surface area contributed by atoms with Crippen LogP contribution in [-0.2, 0) is 4.79 Å². The number of carbonyl (C=O) groups is 1.